The largest absolute Gasteiger partial charge is 0.275 e. The van der Waals surface area contributed by atoms with E-state index < -0.39 is 11.1 Å². The number of hydrogen-bond acceptors (Lipinski definition) is 1. The van der Waals surface area contributed by atoms with Crippen LogP contribution in [-0.4, -0.2) is 5.24 Å². The number of carbonyl (C=O) groups excluding carboxylic acids is 1. The fraction of sp³-hybridized carbons (Fsp3) is 0.125. The third-order valence-electron chi connectivity index (χ3n) is 1.53. The summed E-state index contributed by atoms with van der Waals surface area (Å²) in [4.78, 5) is 10.6. The van der Waals surface area contributed by atoms with E-state index in [2.05, 4.69) is 15.9 Å². The molecule has 0 aromatic heterocycles. The van der Waals surface area contributed by atoms with Crippen molar-refractivity contribution in [1.29, 1.82) is 0 Å². The van der Waals surface area contributed by atoms with Gasteiger partial charge < -0.3 is 0 Å². The van der Waals surface area contributed by atoms with Gasteiger partial charge in [0, 0.05) is 4.47 Å². The molecule has 0 saturated heterocycles. The summed E-state index contributed by atoms with van der Waals surface area (Å²) in [6, 6.07) is 2.94. The van der Waals surface area contributed by atoms with Crippen LogP contribution < -0.4 is 0 Å². The fourth-order valence-electron chi connectivity index (χ4n) is 0.813. The quantitative estimate of drug-likeness (QED) is 0.700. The highest BCUT2D eigenvalue weighted by Gasteiger charge is 2.12. The summed E-state index contributed by atoms with van der Waals surface area (Å²) in [5.74, 6) is -0.565. The molecule has 0 radical (unpaired) electrons. The Hall–Kier alpha value is -0.410. The summed E-state index contributed by atoms with van der Waals surface area (Å²) in [5, 5.41) is -0.775. The predicted octanol–water partition coefficient (Wildman–Crippen LogP) is 3.28. The summed E-state index contributed by atoms with van der Waals surface area (Å²) in [6.45, 7) is 1.57. The Bertz CT molecular complexity index is 338. The van der Waals surface area contributed by atoms with Crippen LogP contribution in [0.25, 0.3) is 0 Å². The predicted molar refractivity (Wildman–Crippen MR) is 49.0 cm³/mol. The summed E-state index contributed by atoms with van der Waals surface area (Å²) in [5.41, 5.74) is 0.305. The van der Waals surface area contributed by atoms with Gasteiger partial charge in [0.2, 0.25) is 0 Å². The molecule has 12 heavy (non-hydrogen) atoms. The first-order valence-corrected chi connectivity index (χ1v) is 4.35. The summed E-state index contributed by atoms with van der Waals surface area (Å²) in [6.07, 6.45) is 0. The molecular weight excluding hydrogens is 246 g/mol. The lowest BCUT2D eigenvalue weighted by Crippen LogP contribution is -1.97. The molecule has 1 aromatic carbocycles. The van der Waals surface area contributed by atoms with Crippen LogP contribution in [0.3, 0.4) is 0 Å². The van der Waals surface area contributed by atoms with E-state index in [0.29, 0.717) is 10.0 Å². The summed E-state index contributed by atoms with van der Waals surface area (Å²) in [7, 11) is 0. The molecule has 0 fully saturated rings. The summed E-state index contributed by atoms with van der Waals surface area (Å²) >= 11 is 8.27. The Kier molecular flexibility index (Phi) is 2.85. The van der Waals surface area contributed by atoms with Crippen molar-refractivity contribution in [2.24, 2.45) is 0 Å². The average molecular weight is 251 g/mol. The van der Waals surface area contributed by atoms with Crippen molar-refractivity contribution >= 4 is 32.8 Å². The maximum atomic E-state index is 13.2. The molecular formula is C8H5BrClFO. The number of benzene rings is 1. The van der Waals surface area contributed by atoms with Crippen molar-refractivity contribution in [2.45, 2.75) is 6.92 Å². The van der Waals surface area contributed by atoms with Gasteiger partial charge in [0.25, 0.3) is 5.24 Å². The number of rotatable bonds is 1. The van der Waals surface area contributed by atoms with Crippen molar-refractivity contribution in [3.63, 3.8) is 0 Å². The van der Waals surface area contributed by atoms with Crippen LogP contribution in [0.15, 0.2) is 16.6 Å². The van der Waals surface area contributed by atoms with Crippen LogP contribution in [0.5, 0.6) is 0 Å². The van der Waals surface area contributed by atoms with Gasteiger partial charge in [-0.05, 0) is 36.2 Å². The molecule has 1 aromatic rings. The van der Waals surface area contributed by atoms with E-state index in [1.807, 2.05) is 0 Å². The molecule has 0 heterocycles. The van der Waals surface area contributed by atoms with Crippen LogP contribution in [0, 0.1) is 12.7 Å². The Balaban J connectivity index is 3.36. The van der Waals surface area contributed by atoms with Gasteiger partial charge in [-0.15, -0.1) is 0 Å². The molecule has 0 spiro atoms. The zero-order chi connectivity index (χ0) is 9.30. The van der Waals surface area contributed by atoms with E-state index in [9.17, 15) is 9.18 Å². The molecule has 0 aliphatic carbocycles. The SMILES string of the molecule is Cc1c(Br)ccc(C(=O)Cl)c1F. The molecule has 0 aliphatic heterocycles. The first-order chi connectivity index (χ1) is 5.54. The number of halogens is 3. The molecule has 0 unspecified atom stereocenters. The Morgan fingerprint density at radius 3 is 2.67 bits per heavy atom. The smallest absolute Gasteiger partial charge is 0.255 e. The van der Waals surface area contributed by atoms with Crippen molar-refractivity contribution in [1.82, 2.24) is 0 Å². The van der Waals surface area contributed by atoms with E-state index in [1.54, 1.807) is 13.0 Å². The van der Waals surface area contributed by atoms with E-state index >= 15 is 0 Å². The molecule has 1 nitrogen and oxygen atoms in total. The van der Waals surface area contributed by atoms with Gasteiger partial charge in [0.15, 0.2) is 0 Å². The zero-order valence-corrected chi connectivity index (χ0v) is 8.54. The molecule has 0 bridgehead atoms. The van der Waals surface area contributed by atoms with Crippen LogP contribution in [0.1, 0.15) is 15.9 Å². The third kappa shape index (κ3) is 1.67. The monoisotopic (exact) mass is 250 g/mol. The van der Waals surface area contributed by atoms with Gasteiger partial charge in [-0.25, -0.2) is 4.39 Å². The van der Waals surface area contributed by atoms with E-state index in [0.717, 1.165) is 0 Å². The Morgan fingerprint density at radius 1 is 1.58 bits per heavy atom. The summed E-state index contributed by atoms with van der Waals surface area (Å²) < 4.78 is 13.8. The molecule has 0 saturated carbocycles. The Labute approximate surface area is 82.7 Å². The maximum Gasteiger partial charge on any atom is 0.255 e. The lowest BCUT2D eigenvalue weighted by atomic mass is 10.1. The fourth-order valence-corrected chi connectivity index (χ4v) is 1.27. The minimum Gasteiger partial charge on any atom is -0.275 e. The molecule has 0 atom stereocenters. The van der Waals surface area contributed by atoms with Crippen LogP contribution >= 0.6 is 27.5 Å². The standard InChI is InChI=1S/C8H5BrClFO/c1-4-6(9)3-2-5(7(4)11)8(10)12/h2-3H,1H3. The second kappa shape index (κ2) is 3.54. The van der Waals surface area contributed by atoms with E-state index in [4.69, 9.17) is 11.6 Å². The third-order valence-corrected chi connectivity index (χ3v) is 2.59. The Morgan fingerprint density at radius 2 is 2.17 bits per heavy atom. The molecule has 0 aliphatic rings. The molecule has 64 valence electrons. The van der Waals surface area contributed by atoms with E-state index in [-0.39, 0.29) is 5.56 Å². The first-order valence-electron chi connectivity index (χ1n) is 3.18. The van der Waals surface area contributed by atoms with Crippen molar-refractivity contribution in [3.8, 4) is 0 Å². The normalized spacial score (nSPS) is 10.0. The van der Waals surface area contributed by atoms with Gasteiger partial charge in [0.05, 0.1) is 5.56 Å². The minimum absolute atomic E-state index is 0.0858. The van der Waals surface area contributed by atoms with Crippen LogP contribution in [0.2, 0.25) is 0 Å². The zero-order valence-electron chi connectivity index (χ0n) is 6.20. The van der Waals surface area contributed by atoms with Crippen molar-refractivity contribution in [3.05, 3.63) is 33.5 Å². The average Bonchev–Trinajstić information content (AvgIpc) is 2.00. The maximum absolute atomic E-state index is 13.2. The highest BCUT2D eigenvalue weighted by atomic mass is 79.9. The lowest BCUT2D eigenvalue weighted by Gasteiger charge is -2.02. The minimum atomic E-state index is -0.775. The highest BCUT2D eigenvalue weighted by Crippen LogP contribution is 2.22. The first kappa shape index (κ1) is 9.68. The van der Waals surface area contributed by atoms with Crippen molar-refractivity contribution < 1.29 is 9.18 Å². The number of carbonyl (C=O) groups is 1. The second-order valence-electron chi connectivity index (χ2n) is 2.31. The molecule has 1 rings (SSSR count). The highest BCUT2D eigenvalue weighted by molar-refractivity contribution is 9.10. The van der Waals surface area contributed by atoms with Crippen LogP contribution in [-0.2, 0) is 0 Å². The molecule has 4 heteroatoms. The lowest BCUT2D eigenvalue weighted by molar-refractivity contribution is 0.107. The number of hydrogen-bond donors (Lipinski definition) is 0. The molecule has 0 amide bonds. The van der Waals surface area contributed by atoms with Gasteiger partial charge in [-0.3, -0.25) is 4.79 Å². The topological polar surface area (TPSA) is 17.1 Å². The van der Waals surface area contributed by atoms with Crippen molar-refractivity contribution in [2.75, 3.05) is 0 Å². The van der Waals surface area contributed by atoms with Gasteiger partial charge >= 0.3 is 0 Å². The van der Waals surface area contributed by atoms with Crippen LogP contribution in [0.4, 0.5) is 4.39 Å². The molecule has 0 N–H and O–H groups in total. The van der Waals surface area contributed by atoms with E-state index in [1.165, 1.54) is 6.07 Å². The second-order valence-corrected chi connectivity index (χ2v) is 3.51. The van der Waals surface area contributed by atoms with Gasteiger partial charge in [-0.1, -0.05) is 15.9 Å². The van der Waals surface area contributed by atoms with Gasteiger partial charge in [-0.2, -0.15) is 0 Å². The van der Waals surface area contributed by atoms with Gasteiger partial charge in [0.1, 0.15) is 5.82 Å².